The summed E-state index contributed by atoms with van der Waals surface area (Å²) < 4.78 is 11.8. The maximum atomic E-state index is 6.26. The first-order valence-corrected chi connectivity index (χ1v) is 10.8. The molecule has 2 saturated carbocycles. The molecule has 2 spiro atoms. The van der Waals surface area contributed by atoms with E-state index >= 15 is 0 Å². The molecule has 0 saturated heterocycles. The summed E-state index contributed by atoms with van der Waals surface area (Å²) in [6.07, 6.45) is 9.52. The van der Waals surface area contributed by atoms with Crippen LogP contribution in [0.3, 0.4) is 0 Å². The van der Waals surface area contributed by atoms with Crippen LogP contribution in [0.2, 0.25) is 0 Å². The van der Waals surface area contributed by atoms with Gasteiger partial charge in [0, 0.05) is 18.1 Å². The zero-order valence-corrected chi connectivity index (χ0v) is 17.0. The van der Waals surface area contributed by atoms with Crippen LogP contribution in [0.1, 0.15) is 63.0 Å². The second-order valence-electron chi connectivity index (χ2n) is 9.19. The summed E-state index contributed by atoms with van der Waals surface area (Å²) in [5.74, 6) is 2.25. The Morgan fingerprint density at radius 3 is 2.54 bits per heavy atom. The predicted octanol–water partition coefficient (Wildman–Crippen LogP) is 3.98. The van der Waals surface area contributed by atoms with Crippen molar-refractivity contribution in [3.05, 3.63) is 29.3 Å². The fraction of sp³-hybridized carbons (Fsp3) is 0.652. The number of hydrogen-bond donors (Lipinski definition) is 1. The number of amidine groups is 1. The molecule has 150 valence electrons. The molecule has 0 radical (unpaired) electrons. The third kappa shape index (κ3) is 2.62. The number of aliphatic imine (C=N–C) groups is 2. The average molecular weight is 382 g/mol. The summed E-state index contributed by atoms with van der Waals surface area (Å²) in [5.41, 5.74) is 9.09. The largest absolute Gasteiger partial charge is 0.493 e. The molecule has 5 heteroatoms. The number of methoxy groups -OCH3 is 1. The third-order valence-electron chi connectivity index (χ3n) is 7.64. The van der Waals surface area contributed by atoms with Crippen LogP contribution in [-0.2, 0) is 16.8 Å². The smallest absolute Gasteiger partial charge is 0.184 e. The van der Waals surface area contributed by atoms with Crippen LogP contribution in [0.4, 0.5) is 0 Å². The molecule has 4 aliphatic rings. The van der Waals surface area contributed by atoms with E-state index in [1.54, 1.807) is 0 Å². The zero-order valence-electron chi connectivity index (χ0n) is 17.0. The molecule has 0 unspecified atom stereocenters. The highest BCUT2D eigenvalue weighted by Crippen LogP contribution is 2.62. The van der Waals surface area contributed by atoms with Crippen molar-refractivity contribution in [1.82, 2.24) is 0 Å². The van der Waals surface area contributed by atoms with E-state index in [1.807, 2.05) is 14.0 Å². The van der Waals surface area contributed by atoms with Crippen LogP contribution in [0.25, 0.3) is 0 Å². The van der Waals surface area contributed by atoms with Gasteiger partial charge in [-0.3, -0.25) is 4.99 Å². The highest BCUT2D eigenvalue weighted by Gasteiger charge is 2.60. The Morgan fingerprint density at radius 2 is 1.93 bits per heavy atom. The Balaban J connectivity index is 1.51. The van der Waals surface area contributed by atoms with Crippen molar-refractivity contribution >= 4 is 11.5 Å². The van der Waals surface area contributed by atoms with Gasteiger partial charge >= 0.3 is 0 Å². The van der Waals surface area contributed by atoms with Gasteiger partial charge in [-0.15, -0.1) is 0 Å². The second-order valence-corrected chi connectivity index (χ2v) is 9.19. The lowest BCUT2D eigenvalue weighted by Crippen LogP contribution is -2.43. The standard InChI is InChI=1S/C23H31N3O2/c1-15-21(24)26-23(25-15)20-12-19(28-14-16-4-3-5-16)7-6-17(20)13-22(23)10-8-18(27-2)9-11-22/h6-7,12,16,18H,3-5,8-11,13-14H2,1-2H3,(H2,24,26)/t18?,22?,23-/m0/s1. The lowest BCUT2D eigenvalue weighted by Gasteiger charge is -2.44. The van der Waals surface area contributed by atoms with E-state index in [-0.39, 0.29) is 5.41 Å². The van der Waals surface area contributed by atoms with Crippen LogP contribution in [0, 0.1) is 11.3 Å². The van der Waals surface area contributed by atoms with E-state index in [1.165, 1.54) is 30.4 Å². The SMILES string of the molecule is COC1CCC2(CC1)Cc1ccc(OCC3CCC3)cc1[C@@]21N=C(C)C(N)=N1. The van der Waals surface area contributed by atoms with Crippen molar-refractivity contribution < 1.29 is 9.47 Å². The third-order valence-corrected chi connectivity index (χ3v) is 7.64. The van der Waals surface area contributed by atoms with Crippen LogP contribution in [0.15, 0.2) is 28.2 Å². The van der Waals surface area contributed by atoms with Gasteiger partial charge < -0.3 is 15.2 Å². The Hall–Kier alpha value is -1.88. The number of ether oxygens (including phenoxy) is 2. The summed E-state index contributed by atoms with van der Waals surface area (Å²) in [6.45, 7) is 2.80. The lowest BCUT2D eigenvalue weighted by molar-refractivity contribution is -0.000406. The molecule has 3 aliphatic carbocycles. The summed E-state index contributed by atoms with van der Waals surface area (Å²) in [6, 6.07) is 6.56. The minimum atomic E-state index is -0.578. The molecule has 0 aromatic heterocycles. The van der Waals surface area contributed by atoms with E-state index in [9.17, 15) is 0 Å². The van der Waals surface area contributed by atoms with Crippen LogP contribution in [-0.4, -0.2) is 31.4 Å². The number of hydrogen-bond acceptors (Lipinski definition) is 5. The number of rotatable bonds is 4. The van der Waals surface area contributed by atoms with Gasteiger partial charge in [0.05, 0.1) is 18.4 Å². The van der Waals surface area contributed by atoms with Gasteiger partial charge in [-0.25, -0.2) is 4.99 Å². The van der Waals surface area contributed by atoms with Crippen molar-refractivity contribution in [1.29, 1.82) is 0 Å². The summed E-state index contributed by atoms with van der Waals surface area (Å²) in [5, 5.41) is 0. The number of nitrogens with zero attached hydrogens (tertiary/aromatic N) is 2. The van der Waals surface area contributed by atoms with Crippen LogP contribution in [0.5, 0.6) is 5.75 Å². The molecule has 5 nitrogen and oxygen atoms in total. The topological polar surface area (TPSA) is 69.2 Å². The van der Waals surface area contributed by atoms with Crippen molar-refractivity contribution in [2.24, 2.45) is 27.1 Å². The van der Waals surface area contributed by atoms with E-state index in [2.05, 4.69) is 18.2 Å². The van der Waals surface area contributed by atoms with Gasteiger partial charge in [0.1, 0.15) is 11.6 Å². The molecule has 1 atom stereocenters. The van der Waals surface area contributed by atoms with Crippen LogP contribution < -0.4 is 10.5 Å². The van der Waals surface area contributed by atoms with Crippen molar-refractivity contribution in [2.75, 3.05) is 13.7 Å². The van der Waals surface area contributed by atoms with Gasteiger partial charge in [-0.2, -0.15) is 0 Å². The first kappa shape index (κ1) is 18.2. The van der Waals surface area contributed by atoms with E-state index in [0.29, 0.717) is 11.9 Å². The Labute approximate surface area is 167 Å². The molecule has 28 heavy (non-hydrogen) atoms. The minimum Gasteiger partial charge on any atom is -0.493 e. The lowest BCUT2D eigenvalue weighted by atomic mass is 9.65. The van der Waals surface area contributed by atoms with Gasteiger partial charge in [-0.1, -0.05) is 12.5 Å². The normalized spacial score (nSPS) is 34.3. The van der Waals surface area contributed by atoms with Crippen molar-refractivity contribution in [3.8, 4) is 5.75 Å². The van der Waals surface area contributed by atoms with E-state index in [0.717, 1.165) is 56.1 Å². The highest BCUT2D eigenvalue weighted by molar-refractivity contribution is 6.41. The Kier molecular flexibility index (Phi) is 4.27. The molecule has 0 bridgehead atoms. The fourth-order valence-electron chi connectivity index (χ4n) is 5.61. The molecule has 2 N–H and O–H groups in total. The first-order valence-electron chi connectivity index (χ1n) is 10.8. The molecular formula is C23H31N3O2. The molecular weight excluding hydrogens is 350 g/mol. The molecule has 1 aliphatic heterocycles. The Bertz CT molecular complexity index is 814. The summed E-state index contributed by atoms with van der Waals surface area (Å²) in [4.78, 5) is 10.2. The fourth-order valence-corrected chi connectivity index (χ4v) is 5.61. The zero-order chi connectivity index (χ0) is 19.4. The summed E-state index contributed by atoms with van der Waals surface area (Å²) in [7, 11) is 1.82. The van der Waals surface area contributed by atoms with Gasteiger partial charge in [0.15, 0.2) is 5.66 Å². The second kappa shape index (κ2) is 6.58. The van der Waals surface area contributed by atoms with E-state index < -0.39 is 5.66 Å². The molecule has 2 fully saturated rings. The average Bonchev–Trinajstić information content (AvgIpc) is 3.10. The number of nitrogens with two attached hydrogens (primary N) is 1. The molecule has 1 aromatic rings. The maximum Gasteiger partial charge on any atom is 0.184 e. The minimum absolute atomic E-state index is 0.000656. The molecule has 0 amide bonds. The monoisotopic (exact) mass is 381 g/mol. The van der Waals surface area contributed by atoms with Crippen molar-refractivity contribution in [3.63, 3.8) is 0 Å². The quantitative estimate of drug-likeness (QED) is 0.858. The highest BCUT2D eigenvalue weighted by atomic mass is 16.5. The van der Waals surface area contributed by atoms with Gasteiger partial charge in [-0.05, 0) is 75.5 Å². The molecule has 1 aromatic carbocycles. The predicted molar refractivity (Wildman–Crippen MR) is 111 cm³/mol. The first-order chi connectivity index (χ1) is 13.6. The van der Waals surface area contributed by atoms with Crippen LogP contribution >= 0.6 is 0 Å². The number of fused-ring (bicyclic) bond motifs is 3. The van der Waals surface area contributed by atoms with Gasteiger partial charge in [0.2, 0.25) is 0 Å². The van der Waals surface area contributed by atoms with Crippen molar-refractivity contribution in [2.45, 2.75) is 70.1 Å². The van der Waals surface area contributed by atoms with E-state index in [4.69, 9.17) is 25.2 Å². The maximum absolute atomic E-state index is 6.26. The molecule has 5 rings (SSSR count). The Morgan fingerprint density at radius 1 is 1.14 bits per heavy atom. The number of benzene rings is 1. The molecule has 1 heterocycles. The van der Waals surface area contributed by atoms with Gasteiger partial charge in [0.25, 0.3) is 0 Å². The summed E-state index contributed by atoms with van der Waals surface area (Å²) >= 11 is 0.